The van der Waals surface area contributed by atoms with E-state index in [1.54, 1.807) is 12.1 Å². The molecule has 104 valence electrons. The van der Waals surface area contributed by atoms with E-state index in [9.17, 15) is 4.79 Å². The zero-order chi connectivity index (χ0) is 13.5. The number of benzene rings is 1. The summed E-state index contributed by atoms with van der Waals surface area (Å²) in [6, 6.07) is 7.17. The van der Waals surface area contributed by atoms with Gasteiger partial charge in [-0.2, -0.15) is 0 Å². The van der Waals surface area contributed by atoms with Crippen molar-refractivity contribution in [1.82, 2.24) is 0 Å². The van der Waals surface area contributed by atoms with Crippen LogP contribution in [0.1, 0.15) is 19.3 Å². The van der Waals surface area contributed by atoms with Crippen LogP contribution in [-0.2, 0) is 14.3 Å². The molecule has 0 amide bonds. The maximum atomic E-state index is 11.4. The molecule has 1 aromatic rings. The predicted octanol–water partition coefficient (Wildman–Crippen LogP) is 1.97. The van der Waals surface area contributed by atoms with Crippen molar-refractivity contribution in [3.63, 3.8) is 0 Å². The molecule has 0 atom stereocenters. The lowest BCUT2D eigenvalue weighted by Crippen LogP contribution is -2.13. The highest BCUT2D eigenvalue weighted by Crippen LogP contribution is 2.28. The molecule has 0 unspecified atom stereocenters. The standard InChI is InChI=1S/C14H19NO4/c15-12-3-1-2-4-13(12)18-8-7-14(16)19-10-17-9-11-5-6-11/h1-4,11H,5-10,15H2. The van der Waals surface area contributed by atoms with Crippen LogP contribution in [0.2, 0.25) is 0 Å². The van der Waals surface area contributed by atoms with Gasteiger partial charge in [-0.3, -0.25) is 4.79 Å². The van der Waals surface area contributed by atoms with Crippen LogP contribution in [0.5, 0.6) is 5.75 Å². The van der Waals surface area contributed by atoms with Gasteiger partial charge in [0.05, 0.1) is 25.3 Å². The molecule has 5 nitrogen and oxygen atoms in total. The second-order valence-electron chi connectivity index (χ2n) is 4.58. The minimum Gasteiger partial charge on any atom is -0.491 e. The first-order valence-electron chi connectivity index (χ1n) is 6.46. The van der Waals surface area contributed by atoms with Crippen LogP contribution in [0.25, 0.3) is 0 Å². The van der Waals surface area contributed by atoms with Crippen molar-refractivity contribution in [2.45, 2.75) is 19.3 Å². The van der Waals surface area contributed by atoms with Gasteiger partial charge in [-0.25, -0.2) is 0 Å². The Kier molecular flexibility index (Phi) is 5.03. The molecule has 0 heterocycles. The Morgan fingerprint density at radius 1 is 1.32 bits per heavy atom. The van der Waals surface area contributed by atoms with E-state index in [0.29, 0.717) is 24.0 Å². The Hall–Kier alpha value is -1.75. The Morgan fingerprint density at radius 3 is 2.84 bits per heavy atom. The average Bonchev–Trinajstić information content (AvgIpc) is 3.21. The largest absolute Gasteiger partial charge is 0.491 e. The van der Waals surface area contributed by atoms with E-state index in [0.717, 1.165) is 0 Å². The molecule has 1 saturated carbocycles. The number of hydrogen-bond donors (Lipinski definition) is 1. The molecule has 2 rings (SSSR count). The van der Waals surface area contributed by atoms with Crippen molar-refractivity contribution in [3.05, 3.63) is 24.3 Å². The number of para-hydroxylation sites is 2. The van der Waals surface area contributed by atoms with Gasteiger partial charge in [0.2, 0.25) is 0 Å². The van der Waals surface area contributed by atoms with Gasteiger partial charge < -0.3 is 19.9 Å². The number of esters is 1. The van der Waals surface area contributed by atoms with Crippen LogP contribution in [0.4, 0.5) is 5.69 Å². The number of hydrogen-bond acceptors (Lipinski definition) is 5. The summed E-state index contributed by atoms with van der Waals surface area (Å²) in [5, 5.41) is 0. The van der Waals surface area contributed by atoms with E-state index in [1.807, 2.05) is 12.1 Å². The maximum absolute atomic E-state index is 11.4. The van der Waals surface area contributed by atoms with Gasteiger partial charge >= 0.3 is 5.97 Å². The smallest absolute Gasteiger partial charge is 0.311 e. The summed E-state index contributed by atoms with van der Waals surface area (Å²) in [7, 11) is 0. The summed E-state index contributed by atoms with van der Waals surface area (Å²) in [6.45, 7) is 0.961. The van der Waals surface area contributed by atoms with Gasteiger partial charge in [-0.1, -0.05) is 12.1 Å². The summed E-state index contributed by atoms with van der Waals surface area (Å²) in [5.74, 6) is 0.925. The molecule has 0 aromatic heterocycles. The third kappa shape index (κ3) is 5.18. The van der Waals surface area contributed by atoms with Crippen molar-refractivity contribution in [3.8, 4) is 5.75 Å². The van der Waals surface area contributed by atoms with E-state index in [4.69, 9.17) is 19.9 Å². The molecule has 1 aliphatic rings. The number of carbonyl (C=O) groups excluding carboxylic acids is 1. The SMILES string of the molecule is Nc1ccccc1OCCC(=O)OCOCC1CC1. The third-order valence-corrected chi connectivity index (χ3v) is 2.84. The Balaban J connectivity index is 1.54. The molecule has 1 aliphatic carbocycles. The second-order valence-corrected chi connectivity index (χ2v) is 4.58. The third-order valence-electron chi connectivity index (χ3n) is 2.84. The fourth-order valence-electron chi connectivity index (χ4n) is 1.54. The lowest BCUT2D eigenvalue weighted by molar-refractivity contribution is -0.157. The minimum absolute atomic E-state index is 0.0306. The second kappa shape index (κ2) is 6.99. The lowest BCUT2D eigenvalue weighted by atomic mass is 10.3. The molecular weight excluding hydrogens is 246 g/mol. The summed E-state index contributed by atoms with van der Waals surface area (Å²) < 4.78 is 15.5. The number of ether oxygens (including phenoxy) is 3. The lowest BCUT2D eigenvalue weighted by Gasteiger charge is -2.08. The first kappa shape index (κ1) is 13.7. The predicted molar refractivity (Wildman–Crippen MR) is 70.6 cm³/mol. The normalized spacial score (nSPS) is 14.1. The van der Waals surface area contributed by atoms with E-state index >= 15 is 0 Å². The van der Waals surface area contributed by atoms with E-state index in [-0.39, 0.29) is 25.8 Å². The van der Waals surface area contributed by atoms with Crippen LogP contribution >= 0.6 is 0 Å². The monoisotopic (exact) mass is 265 g/mol. The zero-order valence-electron chi connectivity index (χ0n) is 10.8. The summed E-state index contributed by atoms with van der Waals surface area (Å²) in [5.41, 5.74) is 6.27. The number of nitrogens with two attached hydrogens (primary N) is 1. The van der Waals surface area contributed by atoms with E-state index in [2.05, 4.69) is 0 Å². The van der Waals surface area contributed by atoms with Crippen LogP contribution in [0, 0.1) is 5.92 Å². The number of carbonyl (C=O) groups is 1. The highest BCUT2D eigenvalue weighted by molar-refractivity contribution is 5.69. The molecule has 1 fully saturated rings. The zero-order valence-corrected chi connectivity index (χ0v) is 10.8. The quantitative estimate of drug-likeness (QED) is 0.337. The van der Waals surface area contributed by atoms with Crippen molar-refractivity contribution in [2.75, 3.05) is 25.7 Å². The highest BCUT2D eigenvalue weighted by Gasteiger charge is 2.21. The Morgan fingerprint density at radius 2 is 2.11 bits per heavy atom. The first-order valence-corrected chi connectivity index (χ1v) is 6.46. The number of anilines is 1. The molecule has 0 spiro atoms. The number of rotatable bonds is 8. The average molecular weight is 265 g/mol. The summed E-state index contributed by atoms with van der Waals surface area (Å²) >= 11 is 0. The first-order chi connectivity index (χ1) is 9.25. The Bertz CT molecular complexity index is 418. The molecule has 0 saturated heterocycles. The van der Waals surface area contributed by atoms with E-state index in [1.165, 1.54) is 12.8 Å². The van der Waals surface area contributed by atoms with E-state index < -0.39 is 0 Å². The van der Waals surface area contributed by atoms with Crippen molar-refractivity contribution >= 4 is 11.7 Å². The van der Waals surface area contributed by atoms with Crippen molar-refractivity contribution in [1.29, 1.82) is 0 Å². The highest BCUT2D eigenvalue weighted by atomic mass is 16.7. The van der Waals surface area contributed by atoms with Gasteiger partial charge in [0.15, 0.2) is 6.79 Å². The Labute approximate surface area is 112 Å². The maximum Gasteiger partial charge on any atom is 0.311 e. The van der Waals surface area contributed by atoms with Crippen LogP contribution in [0.3, 0.4) is 0 Å². The van der Waals surface area contributed by atoms with Crippen molar-refractivity contribution in [2.24, 2.45) is 5.92 Å². The fourth-order valence-corrected chi connectivity index (χ4v) is 1.54. The number of nitrogen functional groups attached to an aromatic ring is 1. The van der Waals surface area contributed by atoms with Crippen molar-refractivity contribution < 1.29 is 19.0 Å². The van der Waals surface area contributed by atoms with Crippen LogP contribution in [0.15, 0.2) is 24.3 Å². The van der Waals surface area contributed by atoms with Gasteiger partial charge in [-0.15, -0.1) is 0 Å². The molecular formula is C14H19NO4. The molecule has 0 radical (unpaired) electrons. The van der Waals surface area contributed by atoms with Gasteiger partial charge in [-0.05, 0) is 30.9 Å². The topological polar surface area (TPSA) is 70.8 Å². The van der Waals surface area contributed by atoms with Crippen LogP contribution in [-0.4, -0.2) is 26.0 Å². The molecule has 0 bridgehead atoms. The molecule has 0 aliphatic heterocycles. The molecule has 5 heteroatoms. The molecule has 19 heavy (non-hydrogen) atoms. The minimum atomic E-state index is -0.328. The summed E-state index contributed by atoms with van der Waals surface area (Å²) in [4.78, 5) is 11.4. The molecule has 2 N–H and O–H groups in total. The van der Waals surface area contributed by atoms with Gasteiger partial charge in [0, 0.05) is 0 Å². The fraction of sp³-hybridized carbons (Fsp3) is 0.500. The molecule has 1 aromatic carbocycles. The summed E-state index contributed by atoms with van der Waals surface area (Å²) in [6.07, 6.45) is 2.63. The van der Waals surface area contributed by atoms with Gasteiger partial charge in [0.1, 0.15) is 5.75 Å². The van der Waals surface area contributed by atoms with Crippen LogP contribution < -0.4 is 10.5 Å². The van der Waals surface area contributed by atoms with Gasteiger partial charge in [0.25, 0.3) is 0 Å².